The van der Waals surface area contributed by atoms with Crippen molar-refractivity contribution in [3.05, 3.63) is 42.2 Å². The Balaban J connectivity index is 2.13. The van der Waals surface area contributed by atoms with Gasteiger partial charge in [-0.1, -0.05) is 19.1 Å². The number of hydrogen-bond donors (Lipinski definition) is 1. The summed E-state index contributed by atoms with van der Waals surface area (Å²) in [5.74, 6) is 0.925. The molecule has 1 aromatic carbocycles. The second-order valence-corrected chi connectivity index (χ2v) is 5.82. The van der Waals surface area contributed by atoms with Gasteiger partial charge in [-0.2, -0.15) is 0 Å². The Kier molecular flexibility index (Phi) is 5.45. The molecule has 0 atom stereocenters. The Morgan fingerprint density at radius 3 is 2.48 bits per heavy atom. The van der Waals surface area contributed by atoms with Crippen LogP contribution in [0, 0.1) is 0 Å². The van der Waals surface area contributed by atoms with Crippen molar-refractivity contribution in [1.82, 2.24) is 9.88 Å². The third-order valence-corrected chi connectivity index (χ3v) is 3.41. The normalized spacial score (nSPS) is 11.3. The van der Waals surface area contributed by atoms with Crippen LogP contribution in [0.15, 0.2) is 36.7 Å². The molecule has 1 N–H and O–H groups in total. The zero-order valence-corrected chi connectivity index (χ0v) is 13.5. The van der Waals surface area contributed by atoms with E-state index >= 15 is 0 Å². The molecule has 1 aromatic heterocycles. The fraction of sp³-hybridized carbons (Fsp3) is 0.444. The Bertz CT molecular complexity index is 543. The summed E-state index contributed by atoms with van der Waals surface area (Å²) >= 11 is 0. The van der Waals surface area contributed by atoms with Crippen molar-refractivity contribution in [2.24, 2.45) is 0 Å². The molecule has 114 valence electrons. The molecule has 3 nitrogen and oxygen atoms in total. The van der Waals surface area contributed by atoms with Crippen LogP contribution >= 0.6 is 0 Å². The van der Waals surface area contributed by atoms with Crippen molar-refractivity contribution in [3.8, 4) is 16.9 Å². The first-order valence-corrected chi connectivity index (χ1v) is 7.71. The predicted molar refractivity (Wildman–Crippen MR) is 88.6 cm³/mol. The summed E-state index contributed by atoms with van der Waals surface area (Å²) in [5.41, 5.74) is 3.84. The SMILES string of the molecule is CCCN(C)Cc1c[nH]cc1-c1ccc(OC(C)C)cc1. The third-order valence-electron chi connectivity index (χ3n) is 3.41. The maximum Gasteiger partial charge on any atom is 0.119 e. The highest BCUT2D eigenvalue weighted by Gasteiger charge is 2.09. The first-order chi connectivity index (χ1) is 10.1. The predicted octanol–water partition coefficient (Wildman–Crippen LogP) is 4.31. The summed E-state index contributed by atoms with van der Waals surface area (Å²) in [7, 11) is 2.17. The van der Waals surface area contributed by atoms with E-state index in [1.165, 1.54) is 23.1 Å². The van der Waals surface area contributed by atoms with E-state index in [1.54, 1.807) is 0 Å². The molecule has 0 fully saturated rings. The number of nitrogens with zero attached hydrogens (tertiary/aromatic N) is 1. The Morgan fingerprint density at radius 1 is 1.14 bits per heavy atom. The minimum absolute atomic E-state index is 0.210. The Morgan fingerprint density at radius 2 is 1.86 bits per heavy atom. The number of rotatable bonds is 7. The molecule has 0 bridgehead atoms. The summed E-state index contributed by atoms with van der Waals surface area (Å²) in [6, 6.07) is 8.35. The van der Waals surface area contributed by atoms with Gasteiger partial charge in [-0.15, -0.1) is 0 Å². The zero-order valence-electron chi connectivity index (χ0n) is 13.5. The van der Waals surface area contributed by atoms with Crippen LogP contribution in [0.25, 0.3) is 11.1 Å². The summed E-state index contributed by atoms with van der Waals surface area (Å²) < 4.78 is 5.70. The highest BCUT2D eigenvalue weighted by molar-refractivity contribution is 5.67. The molecule has 0 aliphatic rings. The van der Waals surface area contributed by atoms with Gasteiger partial charge >= 0.3 is 0 Å². The number of aromatic nitrogens is 1. The standard InChI is InChI=1S/C18H26N2O/c1-5-10-20(4)13-16-11-19-12-18(16)15-6-8-17(9-7-15)21-14(2)3/h6-9,11-12,14,19H,5,10,13H2,1-4H3. The fourth-order valence-electron chi connectivity index (χ4n) is 2.53. The molecule has 0 unspecified atom stereocenters. The first-order valence-electron chi connectivity index (χ1n) is 7.71. The molecule has 0 saturated heterocycles. The van der Waals surface area contributed by atoms with Gasteiger partial charge in [-0.05, 0) is 57.1 Å². The Hall–Kier alpha value is -1.74. The highest BCUT2D eigenvalue weighted by atomic mass is 16.5. The second-order valence-electron chi connectivity index (χ2n) is 5.82. The lowest BCUT2D eigenvalue weighted by atomic mass is 10.0. The molecule has 2 aromatic rings. The van der Waals surface area contributed by atoms with Crippen LogP contribution in [0.3, 0.4) is 0 Å². The second kappa shape index (κ2) is 7.32. The van der Waals surface area contributed by atoms with Gasteiger partial charge in [0.05, 0.1) is 6.10 Å². The maximum atomic E-state index is 5.70. The van der Waals surface area contributed by atoms with Gasteiger partial charge in [0.25, 0.3) is 0 Å². The van der Waals surface area contributed by atoms with Crippen LogP contribution in [0.1, 0.15) is 32.8 Å². The van der Waals surface area contributed by atoms with E-state index in [9.17, 15) is 0 Å². The summed E-state index contributed by atoms with van der Waals surface area (Å²) in [4.78, 5) is 5.58. The van der Waals surface area contributed by atoms with Gasteiger partial charge in [-0.25, -0.2) is 0 Å². The van der Waals surface area contributed by atoms with E-state index in [0.29, 0.717) is 0 Å². The fourth-order valence-corrected chi connectivity index (χ4v) is 2.53. The van der Waals surface area contributed by atoms with Gasteiger partial charge < -0.3 is 14.6 Å². The number of aromatic amines is 1. The van der Waals surface area contributed by atoms with Crippen LogP contribution in [0.5, 0.6) is 5.75 Å². The van der Waals surface area contributed by atoms with Gasteiger partial charge in [0.2, 0.25) is 0 Å². The van der Waals surface area contributed by atoms with Crippen molar-refractivity contribution in [2.75, 3.05) is 13.6 Å². The van der Waals surface area contributed by atoms with Gasteiger partial charge in [-0.3, -0.25) is 0 Å². The lowest BCUT2D eigenvalue weighted by molar-refractivity contribution is 0.242. The number of H-pyrrole nitrogens is 1. The number of ether oxygens (including phenoxy) is 1. The summed E-state index contributed by atoms with van der Waals surface area (Å²) in [6.07, 6.45) is 5.56. The molecule has 0 spiro atoms. The van der Waals surface area contributed by atoms with E-state index < -0.39 is 0 Å². The van der Waals surface area contributed by atoms with Crippen molar-refractivity contribution in [2.45, 2.75) is 39.8 Å². The zero-order chi connectivity index (χ0) is 15.2. The average molecular weight is 286 g/mol. The molecule has 0 radical (unpaired) electrons. The molecule has 2 rings (SSSR count). The van der Waals surface area contributed by atoms with Crippen LogP contribution in [-0.2, 0) is 6.54 Å². The van der Waals surface area contributed by atoms with E-state index in [0.717, 1.165) is 18.8 Å². The third kappa shape index (κ3) is 4.36. The molecule has 3 heteroatoms. The van der Waals surface area contributed by atoms with Crippen molar-refractivity contribution >= 4 is 0 Å². The summed E-state index contributed by atoms with van der Waals surface area (Å²) in [6.45, 7) is 8.38. The molecular weight excluding hydrogens is 260 g/mol. The lowest BCUT2D eigenvalue weighted by Gasteiger charge is -2.16. The van der Waals surface area contributed by atoms with Crippen molar-refractivity contribution in [1.29, 1.82) is 0 Å². The van der Waals surface area contributed by atoms with E-state index in [2.05, 4.69) is 48.4 Å². The molecule has 0 saturated carbocycles. The van der Waals surface area contributed by atoms with Crippen LogP contribution in [0.4, 0.5) is 0 Å². The van der Waals surface area contributed by atoms with Gasteiger partial charge in [0.1, 0.15) is 5.75 Å². The van der Waals surface area contributed by atoms with E-state index in [4.69, 9.17) is 4.74 Å². The minimum atomic E-state index is 0.210. The highest BCUT2D eigenvalue weighted by Crippen LogP contribution is 2.26. The van der Waals surface area contributed by atoms with Crippen LogP contribution < -0.4 is 4.74 Å². The number of hydrogen-bond acceptors (Lipinski definition) is 2. The first kappa shape index (κ1) is 15.6. The Labute approximate surface area is 127 Å². The largest absolute Gasteiger partial charge is 0.491 e. The molecular formula is C18H26N2O. The topological polar surface area (TPSA) is 28.3 Å². The van der Waals surface area contributed by atoms with Gasteiger partial charge in [0, 0.05) is 24.5 Å². The smallest absolute Gasteiger partial charge is 0.119 e. The number of nitrogens with one attached hydrogen (secondary N) is 1. The summed E-state index contributed by atoms with van der Waals surface area (Å²) in [5, 5.41) is 0. The maximum absolute atomic E-state index is 5.70. The minimum Gasteiger partial charge on any atom is -0.491 e. The quantitative estimate of drug-likeness (QED) is 0.821. The van der Waals surface area contributed by atoms with Gasteiger partial charge in [0.15, 0.2) is 0 Å². The number of benzene rings is 1. The molecule has 0 aliphatic heterocycles. The molecule has 1 heterocycles. The van der Waals surface area contributed by atoms with Crippen LogP contribution in [-0.4, -0.2) is 29.6 Å². The lowest BCUT2D eigenvalue weighted by Crippen LogP contribution is -2.18. The van der Waals surface area contributed by atoms with Crippen LogP contribution in [0.2, 0.25) is 0 Å². The molecule has 21 heavy (non-hydrogen) atoms. The monoisotopic (exact) mass is 286 g/mol. The van der Waals surface area contributed by atoms with Crippen molar-refractivity contribution in [3.63, 3.8) is 0 Å². The molecule has 0 amide bonds. The van der Waals surface area contributed by atoms with Crippen molar-refractivity contribution < 1.29 is 4.74 Å². The van der Waals surface area contributed by atoms with E-state index in [1.807, 2.05) is 26.0 Å². The van der Waals surface area contributed by atoms with E-state index in [-0.39, 0.29) is 6.10 Å². The molecule has 0 aliphatic carbocycles. The average Bonchev–Trinajstić information content (AvgIpc) is 2.87.